The Bertz CT molecular complexity index is 602. The molecule has 1 aromatic heterocycles. The summed E-state index contributed by atoms with van der Waals surface area (Å²) in [7, 11) is 0. The first-order chi connectivity index (χ1) is 13.8. The van der Waals surface area contributed by atoms with Crippen LogP contribution in [-0.4, -0.2) is 59.2 Å². The molecule has 1 aliphatic heterocycles. The van der Waals surface area contributed by atoms with Gasteiger partial charge in [0.25, 0.3) is 0 Å². The van der Waals surface area contributed by atoms with Crippen molar-refractivity contribution in [1.29, 1.82) is 0 Å². The van der Waals surface area contributed by atoms with Crippen LogP contribution in [-0.2, 0) is 11.3 Å². The molecule has 6 nitrogen and oxygen atoms in total. The lowest BCUT2D eigenvalue weighted by Gasteiger charge is -2.41. The average molecular weight is 407 g/mol. The van der Waals surface area contributed by atoms with Crippen LogP contribution in [0.25, 0.3) is 0 Å². The highest BCUT2D eigenvalue weighted by atomic mass is 32.1. The van der Waals surface area contributed by atoms with Crippen molar-refractivity contribution in [2.45, 2.75) is 82.8 Å². The first-order valence-corrected chi connectivity index (χ1v) is 12.0. The van der Waals surface area contributed by atoms with Crippen molar-refractivity contribution in [3.63, 3.8) is 0 Å². The van der Waals surface area contributed by atoms with E-state index in [0.29, 0.717) is 12.1 Å². The summed E-state index contributed by atoms with van der Waals surface area (Å²) in [5.74, 6) is 0. The van der Waals surface area contributed by atoms with E-state index in [0.717, 1.165) is 63.7 Å². The third kappa shape index (κ3) is 5.24. The maximum Gasteiger partial charge on any atom is 0.324 e. The number of nitrogens with zero attached hydrogens (tertiary/aromatic N) is 3. The smallest absolute Gasteiger partial charge is 0.324 e. The van der Waals surface area contributed by atoms with E-state index >= 15 is 0 Å². The highest BCUT2D eigenvalue weighted by Crippen LogP contribution is 2.31. The molecule has 0 aromatic carbocycles. The fourth-order valence-corrected chi connectivity index (χ4v) is 5.77. The quantitative estimate of drug-likeness (QED) is 0.783. The number of carbonyl (C=O) groups excluding carboxylic acids is 1. The number of carbonyl (C=O) groups is 1. The van der Waals surface area contributed by atoms with Crippen molar-refractivity contribution in [1.82, 2.24) is 14.8 Å². The van der Waals surface area contributed by atoms with Gasteiger partial charge in [-0.2, -0.15) is 0 Å². The van der Waals surface area contributed by atoms with E-state index < -0.39 is 0 Å². The van der Waals surface area contributed by atoms with Crippen LogP contribution < -0.4 is 5.32 Å². The monoisotopic (exact) mass is 406 g/mol. The normalized spacial score (nSPS) is 22.9. The number of anilines is 1. The summed E-state index contributed by atoms with van der Waals surface area (Å²) in [6.07, 6.45) is 14.2. The summed E-state index contributed by atoms with van der Waals surface area (Å²) in [6.45, 7) is 4.44. The third-order valence-electron chi connectivity index (χ3n) is 6.42. The molecule has 7 heteroatoms. The summed E-state index contributed by atoms with van der Waals surface area (Å²) in [5.41, 5.74) is 0. The van der Waals surface area contributed by atoms with E-state index in [4.69, 9.17) is 4.74 Å². The molecule has 0 atom stereocenters. The fourth-order valence-electron chi connectivity index (χ4n) is 4.92. The molecule has 2 aliphatic carbocycles. The highest BCUT2D eigenvalue weighted by Gasteiger charge is 2.32. The number of nitrogens with one attached hydrogen (secondary N) is 1. The van der Waals surface area contributed by atoms with Crippen molar-refractivity contribution in [2.24, 2.45) is 0 Å². The van der Waals surface area contributed by atoms with Gasteiger partial charge in [0.2, 0.25) is 0 Å². The molecule has 4 rings (SSSR count). The van der Waals surface area contributed by atoms with Gasteiger partial charge in [0.05, 0.1) is 13.2 Å². The Morgan fingerprint density at radius 1 is 1.07 bits per heavy atom. The van der Waals surface area contributed by atoms with Gasteiger partial charge in [-0.1, -0.05) is 38.5 Å². The molecule has 156 valence electrons. The van der Waals surface area contributed by atoms with Crippen molar-refractivity contribution in [3.05, 3.63) is 11.1 Å². The molecule has 28 heavy (non-hydrogen) atoms. The summed E-state index contributed by atoms with van der Waals surface area (Å²) in [6, 6.07) is 0.889. The Balaban J connectivity index is 1.39. The summed E-state index contributed by atoms with van der Waals surface area (Å²) < 4.78 is 5.42. The van der Waals surface area contributed by atoms with Crippen molar-refractivity contribution < 1.29 is 9.53 Å². The molecule has 0 bridgehead atoms. The number of hydrogen-bond donors (Lipinski definition) is 1. The maximum atomic E-state index is 13.3. The second-order valence-corrected chi connectivity index (χ2v) is 9.56. The first-order valence-electron chi connectivity index (χ1n) is 11.1. The van der Waals surface area contributed by atoms with E-state index in [-0.39, 0.29) is 6.03 Å². The van der Waals surface area contributed by atoms with Gasteiger partial charge in [-0.05, 0) is 25.7 Å². The van der Waals surface area contributed by atoms with Crippen LogP contribution in [0.15, 0.2) is 6.20 Å². The molecule has 1 saturated heterocycles. The average Bonchev–Trinajstić information content (AvgIpc) is 3.17. The molecule has 0 unspecified atom stereocenters. The maximum absolute atomic E-state index is 13.3. The molecule has 0 radical (unpaired) electrons. The molecule has 2 amide bonds. The Morgan fingerprint density at radius 2 is 1.68 bits per heavy atom. The number of thiazole rings is 1. The number of rotatable bonds is 5. The van der Waals surface area contributed by atoms with Gasteiger partial charge in [-0.3, -0.25) is 10.2 Å². The van der Waals surface area contributed by atoms with Gasteiger partial charge in [-0.25, -0.2) is 9.78 Å². The lowest BCUT2D eigenvalue weighted by atomic mass is 9.89. The summed E-state index contributed by atoms with van der Waals surface area (Å²) >= 11 is 1.61. The summed E-state index contributed by atoms with van der Waals surface area (Å²) in [5, 5.41) is 3.89. The van der Waals surface area contributed by atoms with Gasteiger partial charge in [0.15, 0.2) is 5.13 Å². The van der Waals surface area contributed by atoms with Gasteiger partial charge in [-0.15, -0.1) is 11.3 Å². The van der Waals surface area contributed by atoms with Crippen molar-refractivity contribution in [3.8, 4) is 0 Å². The molecule has 3 fully saturated rings. The van der Waals surface area contributed by atoms with Crippen LogP contribution in [0.3, 0.4) is 0 Å². The number of ether oxygens (including phenoxy) is 1. The van der Waals surface area contributed by atoms with Crippen LogP contribution in [0, 0.1) is 0 Å². The number of morpholine rings is 1. The van der Waals surface area contributed by atoms with Gasteiger partial charge in [0, 0.05) is 42.8 Å². The summed E-state index contributed by atoms with van der Waals surface area (Å²) in [4.78, 5) is 23.6. The van der Waals surface area contributed by atoms with Gasteiger partial charge in [0.1, 0.15) is 0 Å². The SMILES string of the molecule is O=C(Nc1ncc(CN2CCOCC2)s1)N(C1CCCCC1)C1CCCCC1. The minimum atomic E-state index is 0.0751. The van der Waals surface area contributed by atoms with Crippen LogP contribution in [0.4, 0.5) is 9.93 Å². The Hall–Kier alpha value is -1.18. The molecule has 1 N–H and O–H groups in total. The molecular weight excluding hydrogens is 372 g/mol. The largest absolute Gasteiger partial charge is 0.379 e. The Kier molecular flexibility index (Phi) is 7.20. The second-order valence-electron chi connectivity index (χ2n) is 8.44. The number of hydrogen-bond acceptors (Lipinski definition) is 5. The third-order valence-corrected chi connectivity index (χ3v) is 7.32. The van der Waals surface area contributed by atoms with Gasteiger partial charge >= 0.3 is 6.03 Å². The molecular formula is C21H34N4O2S. The van der Waals surface area contributed by atoms with E-state index in [1.54, 1.807) is 11.3 Å². The zero-order valence-electron chi connectivity index (χ0n) is 16.9. The number of aromatic nitrogens is 1. The van der Waals surface area contributed by atoms with Crippen LogP contribution in [0.2, 0.25) is 0 Å². The molecule has 2 saturated carbocycles. The first kappa shape index (κ1) is 20.1. The number of amides is 2. The topological polar surface area (TPSA) is 57.7 Å². The minimum absolute atomic E-state index is 0.0751. The van der Waals surface area contributed by atoms with E-state index in [2.05, 4.69) is 20.1 Å². The van der Waals surface area contributed by atoms with Gasteiger partial charge < -0.3 is 9.64 Å². The van der Waals surface area contributed by atoms with E-state index in [1.807, 2.05) is 6.20 Å². The molecule has 3 aliphatic rings. The zero-order chi connectivity index (χ0) is 19.2. The van der Waals surface area contributed by atoms with Crippen LogP contribution in [0.1, 0.15) is 69.1 Å². The van der Waals surface area contributed by atoms with Crippen LogP contribution >= 0.6 is 11.3 Å². The van der Waals surface area contributed by atoms with E-state index in [1.165, 1.54) is 43.4 Å². The lowest BCUT2D eigenvalue weighted by Crippen LogP contribution is -2.50. The standard InChI is InChI=1S/C21H34N4O2S/c26-21(23-20-22-15-19(28-20)16-24-11-13-27-14-12-24)25(17-7-3-1-4-8-17)18-9-5-2-6-10-18/h15,17-18H,1-14,16H2,(H,22,23,26). The lowest BCUT2D eigenvalue weighted by molar-refractivity contribution is 0.0346. The predicted octanol–water partition coefficient (Wildman–Crippen LogP) is 4.47. The predicted molar refractivity (Wildman–Crippen MR) is 113 cm³/mol. The number of urea groups is 1. The van der Waals surface area contributed by atoms with E-state index in [9.17, 15) is 4.79 Å². The van der Waals surface area contributed by atoms with Crippen LogP contribution in [0.5, 0.6) is 0 Å². The Morgan fingerprint density at radius 3 is 2.29 bits per heavy atom. The second kappa shape index (κ2) is 10.0. The van der Waals surface area contributed by atoms with Crippen molar-refractivity contribution >= 4 is 22.5 Å². The molecule has 1 aromatic rings. The highest BCUT2D eigenvalue weighted by molar-refractivity contribution is 7.15. The molecule has 2 heterocycles. The molecule has 0 spiro atoms. The van der Waals surface area contributed by atoms with Crippen molar-refractivity contribution in [2.75, 3.05) is 31.6 Å². The fraction of sp³-hybridized carbons (Fsp3) is 0.810. The zero-order valence-corrected chi connectivity index (χ0v) is 17.7. The minimum Gasteiger partial charge on any atom is -0.379 e. The Labute approximate surface area is 172 Å².